The molecule has 0 atom stereocenters. The zero-order valence-corrected chi connectivity index (χ0v) is 12.4. The molecule has 110 valence electrons. The maximum Gasteiger partial charge on any atom is 0.172 e. The molecule has 1 fully saturated rings. The molecular weight excluding hydrogens is 302 g/mol. The molecule has 0 saturated carbocycles. The summed E-state index contributed by atoms with van der Waals surface area (Å²) in [5.74, 6) is 0.246. The van der Waals surface area contributed by atoms with Crippen LogP contribution in [0.5, 0.6) is 0 Å². The summed E-state index contributed by atoms with van der Waals surface area (Å²) in [7, 11) is -2.99. The lowest BCUT2D eigenvalue weighted by Crippen LogP contribution is -2.29. The van der Waals surface area contributed by atoms with Gasteiger partial charge in [-0.3, -0.25) is 0 Å². The van der Waals surface area contributed by atoms with Crippen molar-refractivity contribution in [1.82, 2.24) is 0 Å². The van der Waals surface area contributed by atoms with Crippen LogP contribution in [-0.2, 0) is 9.84 Å². The zero-order valence-electron chi connectivity index (χ0n) is 10.8. The lowest BCUT2D eigenvalue weighted by Gasteiger charge is -2.24. The molecule has 0 radical (unpaired) electrons. The summed E-state index contributed by atoms with van der Waals surface area (Å²) in [5, 5.41) is 12.3. The molecule has 0 aromatic heterocycles. The second-order valence-corrected chi connectivity index (χ2v) is 7.38. The predicted octanol–water partition coefficient (Wildman–Crippen LogP) is 1.06. The third kappa shape index (κ3) is 3.34. The van der Waals surface area contributed by atoms with Crippen molar-refractivity contribution in [2.24, 2.45) is 10.9 Å². The normalized spacial score (nSPS) is 19.6. The van der Waals surface area contributed by atoms with Gasteiger partial charge in [0, 0.05) is 29.4 Å². The number of hydrogen-bond donors (Lipinski definition) is 2. The average Bonchev–Trinajstić information content (AvgIpc) is 2.59. The van der Waals surface area contributed by atoms with Gasteiger partial charge < -0.3 is 15.8 Å². The molecule has 1 heterocycles. The number of nitrogens with zero attached hydrogens (tertiary/aromatic N) is 2. The average molecular weight is 318 g/mol. The molecule has 0 aliphatic carbocycles. The largest absolute Gasteiger partial charge is 0.409 e. The summed E-state index contributed by atoms with van der Waals surface area (Å²) in [6.07, 6.45) is 0.556. The van der Waals surface area contributed by atoms with Gasteiger partial charge in [0.25, 0.3) is 0 Å². The first-order valence-electron chi connectivity index (χ1n) is 6.16. The fourth-order valence-corrected chi connectivity index (χ4v) is 3.67. The van der Waals surface area contributed by atoms with Crippen LogP contribution in [0.15, 0.2) is 23.4 Å². The highest BCUT2D eigenvalue weighted by Gasteiger charge is 2.21. The van der Waals surface area contributed by atoms with Gasteiger partial charge in [-0.15, -0.1) is 0 Å². The van der Waals surface area contributed by atoms with Crippen LogP contribution in [0.1, 0.15) is 12.0 Å². The van der Waals surface area contributed by atoms with Gasteiger partial charge in [-0.25, -0.2) is 8.42 Å². The summed E-state index contributed by atoms with van der Waals surface area (Å²) in [6.45, 7) is 0.988. The summed E-state index contributed by atoms with van der Waals surface area (Å²) in [6, 6.07) is 5.06. The summed E-state index contributed by atoms with van der Waals surface area (Å²) in [5.41, 5.74) is 6.88. The fourth-order valence-electron chi connectivity index (χ4n) is 2.22. The zero-order chi connectivity index (χ0) is 14.8. The van der Waals surface area contributed by atoms with E-state index in [1.54, 1.807) is 18.2 Å². The third-order valence-corrected chi connectivity index (χ3v) is 5.19. The molecule has 3 N–H and O–H groups in total. The van der Waals surface area contributed by atoms with Gasteiger partial charge in [-0.1, -0.05) is 16.8 Å². The van der Waals surface area contributed by atoms with Crippen LogP contribution in [-0.4, -0.2) is 44.1 Å². The second-order valence-electron chi connectivity index (χ2n) is 4.64. The number of oxime groups is 1. The number of hydrogen-bond acceptors (Lipinski definition) is 5. The molecule has 1 saturated heterocycles. The van der Waals surface area contributed by atoms with Crippen molar-refractivity contribution in [3.63, 3.8) is 0 Å². The first kappa shape index (κ1) is 14.9. The number of halogens is 1. The molecule has 1 aromatic carbocycles. The standard InChI is InChI=1S/C12H16ClN3O3S/c13-9-2-3-11(10(8-9)12(14)15-17)16-4-1-6-20(18,19)7-5-16/h2-3,8,17H,1,4-7H2,(H2,14,15). The van der Waals surface area contributed by atoms with Gasteiger partial charge in [0.05, 0.1) is 11.5 Å². The fraction of sp³-hybridized carbons (Fsp3) is 0.417. The van der Waals surface area contributed by atoms with Gasteiger partial charge in [0.15, 0.2) is 15.7 Å². The van der Waals surface area contributed by atoms with E-state index in [9.17, 15) is 8.42 Å². The third-order valence-electron chi connectivity index (χ3n) is 3.24. The molecule has 0 unspecified atom stereocenters. The van der Waals surface area contributed by atoms with Crippen LogP contribution in [0.25, 0.3) is 0 Å². The minimum absolute atomic E-state index is 0.0467. The van der Waals surface area contributed by atoms with Gasteiger partial charge in [-0.2, -0.15) is 0 Å². The topological polar surface area (TPSA) is 96.0 Å². The Balaban J connectivity index is 2.37. The molecule has 20 heavy (non-hydrogen) atoms. The number of benzene rings is 1. The van der Waals surface area contributed by atoms with E-state index >= 15 is 0 Å². The Bertz CT molecular complexity index is 631. The van der Waals surface area contributed by atoms with Crippen molar-refractivity contribution in [3.05, 3.63) is 28.8 Å². The second kappa shape index (κ2) is 5.88. The van der Waals surface area contributed by atoms with E-state index in [2.05, 4.69) is 5.16 Å². The Morgan fingerprint density at radius 1 is 1.35 bits per heavy atom. The van der Waals surface area contributed by atoms with Crippen LogP contribution < -0.4 is 10.6 Å². The van der Waals surface area contributed by atoms with Crippen molar-refractivity contribution in [1.29, 1.82) is 0 Å². The van der Waals surface area contributed by atoms with Gasteiger partial charge in [-0.05, 0) is 24.6 Å². The van der Waals surface area contributed by atoms with Crippen molar-refractivity contribution in [2.45, 2.75) is 6.42 Å². The van der Waals surface area contributed by atoms with E-state index in [0.717, 1.165) is 5.69 Å². The van der Waals surface area contributed by atoms with E-state index in [0.29, 0.717) is 30.1 Å². The molecule has 1 aromatic rings. The van der Waals surface area contributed by atoms with Gasteiger partial charge in [0.1, 0.15) is 0 Å². The van der Waals surface area contributed by atoms with Crippen LogP contribution in [0.4, 0.5) is 5.69 Å². The monoisotopic (exact) mass is 317 g/mol. The lowest BCUT2D eigenvalue weighted by atomic mass is 10.1. The summed E-state index contributed by atoms with van der Waals surface area (Å²) < 4.78 is 23.3. The van der Waals surface area contributed by atoms with Crippen LogP contribution in [0.2, 0.25) is 5.02 Å². The summed E-state index contributed by atoms with van der Waals surface area (Å²) in [4.78, 5) is 1.92. The van der Waals surface area contributed by atoms with E-state index in [-0.39, 0.29) is 17.3 Å². The molecule has 0 amide bonds. The highest BCUT2D eigenvalue weighted by atomic mass is 35.5. The van der Waals surface area contributed by atoms with Crippen molar-refractivity contribution in [3.8, 4) is 0 Å². The number of amidine groups is 1. The quantitative estimate of drug-likeness (QED) is 0.368. The summed E-state index contributed by atoms with van der Waals surface area (Å²) >= 11 is 5.93. The Morgan fingerprint density at radius 2 is 2.10 bits per heavy atom. The van der Waals surface area contributed by atoms with E-state index in [1.807, 2.05) is 4.90 Å². The maximum absolute atomic E-state index is 11.6. The van der Waals surface area contributed by atoms with Crippen molar-refractivity contribution < 1.29 is 13.6 Å². The lowest BCUT2D eigenvalue weighted by molar-refractivity contribution is 0.318. The first-order chi connectivity index (χ1) is 9.43. The Morgan fingerprint density at radius 3 is 2.80 bits per heavy atom. The molecule has 1 aliphatic heterocycles. The SMILES string of the molecule is N/C(=N/O)c1cc(Cl)ccc1N1CCCS(=O)(=O)CC1. The van der Waals surface area contributed by atoms with Crippen LogP contribution in [0.3, 0.4) is 0 Å². The van der Waals surface area contributed by atoms with Gasteiger partial charge in [0.2, 0.25) is 0 Å². The smallest absolute Gasteiger partial charge is 0.172 e. The number of anilines is 1. The molecular formula is C12H16ClN3O3S. The minimum Gasteiger partial charge on any atom is -0.409 e. The van der Waals surface area contributed by atoms with Gasteiger partial charge >= 0.3 is 0 Å². The van der Waals surface area contributed by atoms with E-state index < -0.39 is 9.84 Å². The molecule has 0 spiro atoms. The Labute approximate surface area is 122 Å². The van der Waals surface area contributed by atoms with Crippen LogP contribution in [0, 0.1) is 0 Å². The predicted molar refractivity (Wildman–Crippen MR) is 79.4 cm³/mol. The molecule has 8 heteroatoms. The van der Waals surface area contributed by atoms with Crippen molar-refractivity contribution in [2.75, 3.05) is 29.5 Å². The molecule has 6 nitrogen and oxygen atoms in total. The highest BCUT2D eigenvalue weighted by Crippen LogP contribution is 2.25. The van der Waals surface area contributed by atoms with E-state index in [4.69, 9.17) is 22.5 Å². The highest BCUT2D eigenvalue weighted by molar-refractivity contribution is 7.91. The minimum atomic E-state index is -2.99. The number of sulfone groups is 1. The molecule has 2 rings (SSSR count). The number of nitrogens with two attached hydrogens (primary N) is 1. The van der Waals surface area contributed by atoms with Crippen LogP contribution >= 0.6 is 11.6 Å². The maximum atomic E-state index is 11.6. The molecule has 1 aliphatic rings. The van der Waals surface area contributed by atoms with E-state index in [1.165, 1.54) is 0 Å². The Kier molecular flexibility index (Phi) is 4.39. The first-order valence-corrected chi connectivity index (χ1v) is 8.36. The number of rotatable bonds is 2. The Hall–Kier alpha value is -1.47. The van der Waals surface area contributed by atoms with Crippen molar-refractivity contribution >= 4 is 33.0 Å². The molecule has 0 bridgehead atoms.